The molecular formula is C21H24N2O6. The maximum Gasteiger partial charge on any atom is 0.282 e. The van der Waals surface area contributed by atoms with E-state index in [-0.39, 0.29) is 24.0 Å². The number of benzene rings is 1. The number of hydrogen-bond donors (Lipinski definition) is 1. The molecule has 3 rings (SSSR count). The van der Waals surface area contributed by atoms with Crippen LogP contribution in [0.15, 0.2) is 40.8 Å². The molecule has 154 valence electrons. The van der Waals surface area contributed by atoms with E-state index >= 15 is 0 Å². The summed E-state index contributed by atoms with van der Waals surface area (Å²) in [5.41, 5.74) is -0.777. The van der Waals surface area contributed by atoms with Crippen LogP contribution in [0.25, 0.3) is 11.4 Å². The van der Waals surface area contributed by atoms with Gasteiger partial charge in [-0.2, -0.15) is 9.78 Å². The van der Waals surface area contributed by atoms with Gasteiger partial charge in [-0.3, -0.25) is 14.4 Å². The van der Waals surface area contributed by atoms with Crippen LogP contribution >= 0.6 is 0 Å². The Kier molecular flexibility index (Phi) is 7.30. The SMILES string of the molecule is CC.COc1ccc(-n2nccc(C(O)=C3C(=O)CCCC3=O)c2=O)cc1OC. The number of hydrogen-bond acceptors (Lipinski definition) is 7. The van der Waals surface area contributed by atoms with Gasteiger partial charge in [-0.1, -0.05) is 13.8 Å². The molecule has 0 bridgehead atoms. The predicted molar refractivity (Wildman–Crippen MR) is 108 cm³/mol. The monoisotopic (exact) mass is 400 g/mol. The summed E-state index contributed by atoms with van der Waals surface area (Å²) in [5.74, 6) is -0.648. The molecule has 1 N–H and O–H groups in total. The Morgan fingerprint density at radius 3 is 2.21 bits per heavy atom. The van der Waals surface area contributed by atoms with Gasteiger partial charge in [0, 0.05) is 25.1 Å². The van der Waals surface area contributed by atoms with Gasteiger partial charge in [-0.15, -0.1) is 0 Å². The summed E-state index contributed by atoms with van der Waals surface area (Å²) in [4.78, 5) is 36.9. The van der Waals surface area contributed by atoms with Crippen LogP contribution in [-0.4, -0.2) is 40.7 Å². The number of methoxy groups -OCH3 is 2. The second-order valence-corrected chi connectivity index (χ2v) is 5.92. The van der Waals surface area contributed by atoms with Crippen LogP contribution in [0.2, 0.25) is 0 Å². The van der Waals surface area contributed by atoms with Crippen molar-refractivity contribution in [2.45, 2.75) is 33.1 Å². The number of aliphatic hydroxyl groups is 1. The molecule has 8 heteroatoms. The Morgan fingerprint density at radius 1 is 1.00 bits per heavy atom. The van der Waals surface area contributed by atoms with Crippen LogP contribution in [0.1, 0.15) is 38.7 Å². The van der Waals surface area contributed by atoms with E-state index in [1.165, 1.54) is 26.5 Å². The molecule has 1 heterocycles. The highest BCUT2D eigenvalue weighted by Gasteiger charge is 2.28. The first-order valence-corrected chi connectivity index (χ1v) is 9.28. The highest BCUT2D eigenvalue weighted by atomic mass is 16.5. The number of rotatable bonds is 4. The molecule has 0 aliphatic heterocycles. The third kappa shape index (κ3) is 4.37. The molecule has 2 aromatic rings. The van der Waals surface area contributed by atoms with Gasteiger partial charge in [0.2, 0.25) is 0 Å². The van der Waals surface area contributed by atoms with Crippen LogP contribution in [0.4, 0.5) is 0 Å². The summed E-state index contributed by atoms with van der Waals surface area (Å²) in [6, 6.07) is 6.04. The number of ether oxygens (including phenoxy) is 2. The quantitative estimate of drug-likeness (QED) is 0.478. The number of aliphatic hydroxyl groups excluding tert-OH is 1. The maximum atomic E-state index is 12.8. The average Bonchev–Trinajstić information content (AvgIpc) is 2.74. The van der Waals surface area contributed by atoms with Crippen molar-refractivity contribution in [1.82, 2.24) is 9.78 Å². The molecule has 1 fully saturated rings. The summed E-state index contributed by atoms with van der Waals surface area (Å²) < 4.78 is 11.4. The summed E-state index contributed by atoms with van der Waals surface area (Å²) in [6.45, 7) is 4.00. The Balaban J connectivity index is 0.00000145. The van der Waals surface area contributed by atoms with Crippen LogP contribution in [0.5, 0.6) is 11.5 Å². The number of Topliss-reactive ketones (excluding diaryl/α,β-unsaturated/α-hetero) is 2. The van der Waals surface area contributed by atoms with E-state index in [0.29, 0.717) is 23.6 Å². The zero-order valence-electron chi connectivity index (χ0n) is 16.9. The molecule has 1 aliphatic rings. The Bertz CT molecular complexity index is 988. The second kappa shape index (κ2) is 9.68. The van der Waals surface area contributed by atoms with E-state index in [1.807, 2.05) is 13.8 Å². The lowest BCUT2D eigenvalue weighted by Gasteiger charge is -2.14. The fourth-order valence-electron chi connectivity index (χ4n) is 2.95. The second-order valence-electron chi connectivity index (χ2n) is 5.92. The highest BCUT2D eigenvalue weighted by Crippen LogP contribution is 2.28. The first-order valence-electron chi connectivity index (χ1n) is 9.28. The number of carbonyl (C=O) groups excluding carboxylic acids is 2. The van der Waals surface area contributed by atoms with Crippen molar-refractivity contribution in [3.63, 3.8) is 0 Å². The molecule has 0 radical (unpaired) electrons. The smallest absolute Gasteiger partial charge is 0.282 e. The predicted octanol–water partition coefficient (Wildman–Crippen LogP) is 2.87. The number of allylic oxidation sites excluding steroid dienone is 1. The van der Waals surface area contributed by atoms with Crippen molar-refractivity contribution >= 4 is 17.3 Å². The van der Waals surface area contributed by atoms with Gasteiger partial charge in [0.25, 0.3) is 5.56 Å². The zero-order valence-corrected chi connectivity index (χ0v) is 16.9. The molecule has 0 unspecified atom stereocenters. The van der Waals surface area contributed by atoms with Crippen LogP contribution in [0, 0.1) is 0 Å². The van der Waals surface area contributed by atoms with Gasteiger partial charge < -0.3 is 14.6 Å². The maximum absolute atomic E-state index is 12.8. The zero-order chi connectivity index (χ0) is 21.6. The van der Waals surface area contributed by atoms with Gasteiger partial charge in [-0.05, 0) is 24.6 Å². The Morgan fingerprint density at radius 2 is 1.62 bits per heavy atom. The average molecular weight is 400 g/mol. The summed E-state index contributed by atoms with van der Waals surface area (Å²) in [6.07, 6.45) is 2.09. The molecule has 0 atom stereocenters. The van der Waals surface area contributed by atoms with Gasteiger partial charge in [0.05, 0.1) is 25.5 Å². The van der Waals surface area contributed by atoms with Crippen molar-refractivity contribution in [3.05, 3.63) is 52.0 Å². The largest absolute Gasteiger partial charge is 0.506 e. The molecule has 1 aromatic carbocycles. The molecule has 1 saturated carbocycles. The fourth-order valence-corrected chi connectivity index (χ4v) is 2.95. The minimum atomic E-state index is -0.666. The summed E-state index contributed by atoms with van der Waals surface area (Å²) in [7, 11) is 2.95. The molecule has 1 aromatic heterocycles. The minimum Gasteiger partial charge on any atom is -0.506 e. The van der Waals surface area contributed by atoms with Crippen molar-refractivity contribution < 1.29 is 24.2 Å². The lowest BCUT2D eigenvalue weighted by atomic mass is 9.90. The number of ketones is 2. The van der Waals surface area contributed by atoms with E-state index in [1.54, 1.807) is 18.2 Å². The Hall–Kier alpha value is -3.42. The normalized spacial score (nSPS) is 13.4. The lowest BCUT2D eigenvalue weighted by Crippen LogP contribution is -2.27. The van der Waals surface area contributed by atoms with E-state index in [9.17, 15) is 19.5 Å². The molecule has 0 spiro atoms. The van der Waals surface area contributed by atoms with Gasteiger partial charge in [0.1, 0.15) is 11.3 Å². The topological polar surface area (TPSA) is 108 Å². The summed E-state index contributed by atoms with van der Waals surface area (Å²) >= 11 is 0. The van der Waals surface area contributed by atoms with Crippen LogP contribution < -0.4 is 15.0 Å². The van der Waals surface area contributed by atoms with Crippen molar-refractivity contribution in [2.75, 3.05) is 14.2 Å². The third-order valence-electron chi connectivity index (χ3n) is 4.32. The molecular weight excluding hydrogens is 376 g/mol. The first-order chi connectivity index (χ1) is 14.0. The number of nitrogens with zero attached hydrogens (tertiary/aromatic N) is 2. The molecule has 0 saturated heterocycles. The minimum absolute atomic E-state index is 0.167. The van der Waals surface area contributed by atoms with E-state index in [4.69, 9.17) is 9.47 Å². The van der Waals surface area contributed by atoms with Crippen LogP contribution in [0.3, 0.4) is 0 Å². The van der Waals surface area contributed by atoms with Crippen molar-refractivity contribution in [3.8, 4) is 17.2 Å². The Labute approximate surface area is 168 Å². The fraction of sp³-hybridized carbons (Fsp3) is 0.333. The molecule has 0 amide bonds. The first kappa shape index (κ1) is 21.9. The highest BCUT2D eigenvalue weighted by molar-refractivity contribution is 6.25. The molecule has 1 aliphatic carbocycles. The molecule has 29 heavy (non-hydrogen) atoms. The van der Waals surface area contributed by atoms with Crippen molar-refractivity contribution in [2.24, 2.45) is 0 Å². The standard InChI is InChI=1S/C19H18N2O6.C2H6/c1-26-15-7-6-11(10-16(15)27-2)21-19(25)12(8-9-20-21)18(24)17-13(22)4-3-5-14(17)23;1-2/h6-10,24H,3-5H2,1-2H3;1-2H3. The van der Waals surface area contributed by atoms with Crippen LogP contribution in [-0.2, 0) is 9.59 Å². The van der Waals surface area contributed by atoms with Gasteiger partial charge in [-0.25, -0.2) is 0 Å². The number of carbonyl (C=O) groups is 2. The van der Waals surface area contributed by atoms with Gasteiger partial charge >= 0.3 is 0 Å². The number of aromatic nitrogens is 2. The van der Waals surface area contributed by atoms with Gasteiger partial charge in [0.15, 0.2) is 23.1 Å². The molecule has 8 nitrogen and oxygen atoms in total. The lowest BCUT2D eigenvalue weighted by molar-refractivity contribution is -0.123. The van der Waals surface area contributed by atoms with Crippen molar-refractivity contribution in [1.29, 1.82) is 0 Å². The van der Waals surface area contributed by atoms with E-state index < -0.39 is 22.9 Å². The third-order valence-corrected chi connectivity index (χ3v) is 4.32. The summed E-state index contributed by atoms with van der Waals surface area (Å²) in [5, 5.41) is 14.5. The van der Waals surface area contributed by atoms with E-state index in [2.05, 4.69) is 5.10 Å². The van der Waals surface area contributed by atoms with E-state index in [0.717, 1.165) is 4.68 Å².